The molecule has 1 atom stereocenters. The van der Waals surface area contributed by atoms with Crippen molar-refractivity contribution in [2.24, 2.45) is 0 Å². The van der Waals surface area contributed by atoms with Gasteiger partial charge in [0.1, 0.15) is 5.69 Å². The van der Waals surface area contributed by atoms with Crippen molar-refractivity contribution in [1.29, 1.82) is 0 Å². The van der Waals surface area contributed by atoms with Crippen molar-refractivity contribution < 1.29 is 9.84 Å². The molecule has 0 radical (unpaired) electrons. The van der Waals surface area contributed by atoms with E-state index in [1.165, 1.54) is 11.1 Å². The van der Waals surface area contributed by atoms with Crippen LogP contribution in [0.25, 0.3) is 0 Å². The van der Waals surface area contributed by atoms with E-state index in [0.29, 0.717) is 12.2 Å². The Kier molecular flexibility index (Phi) is 5.02. The van der Waals surface area contributed by atoms with E-state index in [1.807, 2.05) is 18.5 Å². The van der Waals surface area contributed by atoms with E-state index in [9.17, 15) is 5.11 Å². The predicted molar refractivity (Wildman–Crippen MR) is 83.6 cm³/mol. The van der Waals surface area contributed by atoms with Crippen LogP contribution in [0.1, 0.15) is 49.2 Å². The van der Waals surface area contributed by atoms with Crippen LogP contribution < -0.4 is 4.74 Å². The molecule has 21 heavy (non-hydrogen) atoms. The molecule has 2 aromatic rings. The molecule has 4 heteroatoms. The van der Waals surface area contributed by atoms with Crippen LogP contribution in [0, 0.1) is 6.92 Å². The van der Waals surface area contributed by atoms with Crippen molar-refractivity contribution in [3.05, 3.63) is 47.3 Å². The van der Waals surface area contributed by atoms with E-state index in [-0.39, 0.29) is 6.04 Å². The highest BCUT2D eigenvalue weighted by Gasteiger charge is 2.21. The van der Waals surface area contributed by atoms with E-state index in [2.05, 4.69) is 36.3 Å². The quantitative estimate of drug-likeness (QED) is 0.885. The number of hydrogen-bond acceptors (Lipinski definition) is 3. The molecule has 0 aliphatic rings. The summed E-state index contributed by atoms with van der Waals surface area (Å²) in [5.41, 5.74) is 3.25. The number of aliphatic hydroxyl groups excluding tert-OH is 1. The van der Waals surface area contributed by atoms with Crippen molar-refractivity contribution in [2.45, 2.75) is 45.8 Å². The number of rotatable bonds is 6. The lowest BCUT2D eigenvalue weighted by atomic mass is 10.0. The topological polar surface area (TPSA) is 47.3 Å². The molecule has 0 bridgehead atoms. The van der Waals surface area contributed by atoms with Gasteiger partial charge in [-0.2, -0.15) is 5.10 Å². The molecule has 1 aromatic carbocycles. The summed E-state index contributed by atoms with van der Waals surface area (Å²) in [4.78, 5) is 0. The van der Waals surface area contributed by atoms with Crippen LogP contribution in [0.2, 0.25) is 0 Å². The number of methoxy groups -OCH3 is 1. The first-order valence-electron chi connectivity index (χ1n) is 7.38. The number of aliphatic hydroxyl groups is 1. The second-order valence-corrected chi connectivity index (χ2v) is 5.68. The standard InChI is InChI=1S/C17H24N2O2/c1-12(2)19-17(16(21-4)11-18-19)15(20)9-8-14-7-5-6-13(3)10-14/h5-7,10-12,15,20H,8-9H2,1-4H3. The Bertz CT molecular complexity index is 590. The number of aryl methyl sites for hydroxylation is 2. The van der Waals surface area contributed by atoms with Crippen LogP contribution >= 0.6 is 0 Å². The predicted octanol–water partition coefficient (Wildman–Crippen LogP) is 3.45. The van der Waals surface area contributed by atoms with E-state index < -0.39 is 6.10 Å². The van der Waals surface area contributed by atoms with Crippen molar-refractivity contribution in [2.75, 3.05) is 7.11 Å². The van der Waals surface area contributed by atoms with E-state index in [1.54, 1.807) is 13.3 Å². The lowest BCUT2D eigenvalue weighted by molar-refractivity contribution is 0.150. The van der Waals surface area contributed by atoms with Gasteiger partial charge in [-0.05, 0) is 39.2 Å². The van der Waals surface area contributed by atoms with Gasteiger partial charge in [-0.1, -0.05) is 29.8 Å². The summed E-state index contributed by atoms with van der Waals surface area (Å²) in [6, 6.07) is 8.57. The molecule has 1 unspecified atom stereocenters. The lowest BCUT2D eigenvalue weighted by Gasteiger charge is -2.17. The summed E-state index contributed by atoms with van der Waals surface area (Å²) < 4.78 is 7.16. The van der Waals surface area contributed by atoms with E-state index in [0.717, 1.165) is 12.1 Å². The molecule has 0 saturated heterocycles. The van der Waals surface area contributed by atoms with Crippen molar-refractivity contribution in [3.63, 3.8) is 0 Å². The van der Waals surface area contributed by atoms with Crippen LogP contribution in [0.15, 0.2) is 30.5 Å². The summed E-state index contributed by atoms with van der Waals surface area (Å²) in [7, 11) is 1.61. The van der Waals surface area contributed by atoms with Crippen LogP contribution in [0.5, 0.6) is 5.75 Å². The van der Waals surface area contributed by atoms with Gasteiger partial charge in [-0.15, -0.1) is 0 Å². The van der Waals surface area contributed by atoms with Gasteiger partial charge in [-0.3, -0.25) is 4.68 Å². The molecule has 0 saturated carbocycles. The summed E-state index contributed by atoms with van der Waals surface area (Å²) in [5.74, 6) is 0.653. The highest BCUT2D eigenvalue weighted by Crippen LogP contribution is 2.30. The lowest BCUT2D eigenvalue weighted by Crippen LogP contribution is -2.12. The normalized spacial score (nSPS) is 12.7. The van der Waals surface area contributed by atoms with Crippen LogP contribution in [0.3, 0.4) is 0 Å². The smallest absolute Gasteiger partial charge is 0.162 e. The molecule has 0 aliphatic heterocycles. The average Bonchev–Trinajstić information content (AvgIpc) is 2.89. The average molecular weight is 288 g/mol. The number of aromatic nitrogens is 2. The summed E-state index contributed by atoms with van der Waals surface area (Å²) in [6.45, 7) is 6.17. The fraction of sp³-hybridized carbons (Fsp3) is 0.471. The largest absolute Gasteiger partial charge is 0.493 e. The first kappa shape index (κ1) is 15.6. The zero-order valence-corrected chi connectivity index (χ0v) is 13.2. The van der Waals surface area contributed by atoms with Crippen LogP contribution in [-0.2, 0) is 6.42 Å². The maximum absolute atomic E-state index is 10.5. The Labute approximate surface area is 126 Å². The SMILES string of the molecule is COc1cnn(C(C)C)c1C(O)CCc1cccc(C)c1. The number of hydrogen-bond donors (Lipinski definition) is 1. The third-order valence-corrected chi connectivity index (χ3v) is 3.61. The molecule has 1 heterocycles. The summed E-state index contributed by atoms with van der Waals surface area (Å²) in [6.07, 6.45) is 2.57. The molecule has 0 fully saturated rings. The Balaban J connectivity index is 2.13. The van der Waals surface area contributed by atoms with Crippen LogP contribution in [0.4, 0.5) is 0 Å². The fourth-order valence-electron chi connectivity index (χ4n) is 2.55. The second kappa shape index (κ2) is 6.76. The molecule has 1 N–H and O–H groups in total. The van der Waals surface area contributed by atoms with Crippen molar-refractivity contribution >= 4 is 0 Å². The van der Waals surface area contributed by atoms with E-state index >= 15 is 0 Å². The third kappa shape index (κ3) is 3.64. The fourth-order valence-corrected chi connectivity index (χ4v) is 2.55. The molecule has 4 nitrogen and oxygen atoms in total. The monoisotopic (exact) mass is 288 g/mol. The highest BCUT2D eigenvalue weighted by molar-refractivity contribution is 5.28. The minimum atomic E-state index is -0.578. The van der Waals surface area contributed by atoms with Gasteiger partial charge in [-0.25, -0.2) is 0 Å². The maximum atomic E-state index is 10.5. The van der Waals surface area contributed by atoms with Gasteiger partial charge >= 0.3 is 0 Å². The minimum Gasteiger partial charge on any atom is -0.493 e. The number of nitrogens with zero attached hydrogens (tertiary/aromatic N) is 2. The Morgan fingerprint density at radius 2 is 2.10 bits per heavy atom. The molecular formula is C17H24N2O2. The summed E-state index contributed by atoms with van der Waals surface area (Å²) in [5, 5.41) is 14.8. The molecule has 114 valence electrons. The molecule has 0 amide bonds. The van der Waals surface area contributed by atoms with Crippen molar-refractivity contribution in [1.82, 2.24) is 9.78 Å². The number of benzene rings is 1. The Morgan fingerprint density at radius 3 is 2.71 bits per heavy atom. The van der Waals surface area contributed by atoms with Crippen LogP contribution in [-0.4, -0.2) is 22.0 Å². The zero-order chi connectivity index (χ0) is 15.4. The van der Waals surface area contributed by atoms with Gasteiger partial charge in [0.05, 0.1) is 19.4 Å². The molecule has 0 aliphatic carbocycles. The van der Waals surface area contributed by atoms with Gasteiger partial charge in [0, 0.05) is 6.04 Å². The molecule has 0 spiro atoms. The Morgan fingerprint density at radius 1 is 1.33 bits per heavy atom. The maximum Gasteiger partial charge on any atom is 0.162 e. The zero-order valence-electron chi connectivity index (χ0n) is 13.2. The first-order chi connectivity index (χ1) is 10.0. The third-order valence-electron chi connectivity index (χ3n) is 3.61. The first-order valence-corrected chi connectivity index (χ1v) is 7.38. The molecular weight excluding hydrogens is 264 g/mol. The van der Waals surface area contributed by atoms with Gasteiger partial charge in [0.15, 0.2) is 5.75 Å². The second-order valence-electron chi connectivity index (χ2n) is 5.68. The van der Waals surface area contributed by atoms with Crippen molar-refractivity contribution in [3.8, 4) is 5.75 Å². The van der Waals surface area contributed by atoms with Gasteiger partial charge < -0.3 is 9.84 Å². The highest BCUT2D eigenvalue weighted by atomic mass is 16.5. The summed E-state index contributed by atoms with van der Waals surface area (Å²) >= 11 is 0. The molecule has 1 aromatic heterocycles. The number of ether oxygens (including phenoxy) is 1. The van der Waals surface area contributed by atoms with Gasteiger partial charge in [0.25, 0.3) is 0 Å². The van der Waals surface area contributed by atoms with Gasteiger partial charge in [0.2, 0.25) is 0 Å². The van der Waals surface area contributed by atoms with E-state index in [4.69, 9.17) is 4.74 Å². The Hall–Kier alpha value is -1.81. The minimum absolute atomic E-state index is 0.192. The molecule has 2 rings (SSSR count).